The van der Waals surface area contributed by atoms with E-state index in [-0.39, 0.29) is 0 Å². The normalized spacial score (nSPS) is 14.8. The molecule has 62 valence electrons. The molecule has 1 aliphatic rings. The minimum Gasteiger partial charge on any atom is -0.491 e. The fourth-order valence-electron chi connectivity index (χ4n) is 1.11. The van der Waals surface area contributed by atoms with Crippen molar-refractivity contribution in [2.24, 2.45) is 4.99 Å². The molecule has 3 heteroatoms. The summed E-state index contributed by atoms with van der Waals surface area (Å²) in [7, 11) is 0. The smallest absolute Gasteiger partial charge is 0.129 e. The quantitative estimate of drug-likeness (QED) is 0.664. The first-order valence-corrected chi connectivity index (χ1v) is 4.58. The highest BCUT2D eigenvalue weighted by Crippen LogP contribution is 2.23. The minimum atomic E-state index is 0.667. The van der Waals surface area contributed by atoms with Crippen molar-refractivity contribution in [2.45, 2.75) is 0 Å². The van der Waals surface area contributed by atoms with E-state index < -0.39 is 0 Å². The number of rotatable bonds is 0. The average molecular weight is 226 g/mol. The summed E-state index contributed by atoms with van der Waals surface area (Å²) in [4.78, 5) is 4.18. The summed E-state index contributed by atoms with van der Waals surface area (Å²) in [6.07, 6.45) is 1.86. The summed E-state index contributed by atoms with van der Waals surface area (Å²) >= 11 is 3.39. The van der Waals surface area contributed by atoms with Crippen LogP contribution in [0.1, 0.15) is 5.56 Å². The zero-order valence-corrected chi connectivity index (χ0v) is 8.04. The van der Waals surface area contributed by atoms with Gasteiger partial charge in [-0.05, 0) is 18.2 Å². The number of ether oxygens (including phenoxy) is 1. The lowest BCUT2D eigenvalue weighted by molar-refractivity contribution is 0.331. The first-order chi connectivity index (χ1) is 5.86. The molecule has 0 radical (unpaired) electrons. The molecule has 1 aromatic carbocycles. The second kappa shape index (κ2) is 3.27. The number of benzene rings is 1. The monoisotopic (exact) mass is 225 g/mol. The van der Waals surface area contributed by atoms with Gasteiger partial charge in [0.25, 0.3) is 0 Å². The van der Waals surface area contributed by atoms with Crippen molar-refractivity contribution in [3.63, 3.8) is 0 Å². The summed E-state index contributed by atoms with van der Waals surface area (Å²) in [5, 5.41) is 0. The molecule has 0 atom stereocenters. The lowest BCUT2D eigenvalue weighted by Crippen LogP contribution is -1.98. The Hall–Kier alpha value is -0.830. The molecule has 0 N–H and O–H groups in total. The molecule has 2 nitrogen and oxygen atoms in total. The van der Waals surface area contributed by atoms with E-state index in [0.717, 1.165) is 22.3 Å². The van der Waals surface area contributed by atoms with Crippen LogP contribution in [0.5, 0.6) is 5.75 Å². The van der Waals surface area contributed by atoms with Gasteiger partial charge in [-0.25, -0.2) is 0 Å². The number of aliphatic imine (C=N–C) groups is 1. The molecule has 0 saturated heterocycles. The standard InChI is InChI=1S/C9H8BrNO/c10-8-2-1-7-6-11-3-4-12-9(7)5-8/h1-2,5-6H,3-4H2. The van der Waals surface area contributed by atoms with E-state index in [1.165, 1.54) is 0 Å². The summed E-state index contributed by atoms with van der Waals surface area (Å²) in [5.74, 6) is 0.908. The first kappa shape index (κ1) is 7.80. The molecular formula is C9H8BrNO. The Morgan fingerprint density at radius 2 is 2.33 bits per heavy atom. The Morgan fingerprint density at radius 1 is 1.42 bits per heavy atom. The summed E-state index contributed by atoms with van der Waals surface area (Å²) in [6.45, 7) is 1.41. The topological polar surface area (TPSA) is 21.6 Å². The van der Waals surface area contributed by atoms with Crippen LogP contribution in [0.15, 0.2) is 27.7 Å². The molecule has 1 aliphatic heterocycles. The Balaban J connectivity index is 2.46. The van der Waals surface area contributed by atoms with Crippen molar-refractivity contribution >= 4 is 22.1 Å². The molecule has 0 saturated carbocycles. The van der Waals surface area contributed by atoms with Gasteiger partial charge < -0.3 is 4.74 Å². The average Bonchev–Trinajstić information content (AvgIpc) is 2.28. The highest BCUT2D eigenvalue weighted by molar-refractivity contribution is 9.10. The summed E-state index contributed by atoms with van der Waals surface area (Å²) in [5.41, 5.74) is 1.05. The zero-order valence-electron chi connectivity index (χ0n) is 6.46. The summed E-state index contributed by atoms with van der Waals surface area (Å²) < 4.78 is 6.51. The number of hydrogen-bond acceptors (Lipinski definition) is 2. The molecule has 0 amide bonds. The number of fused-ring (bicyclic) bond motifs is 1. The molecule has 1 heterocycles. The van der Waals surface area contributed by atoms with Crippen LogP contribution in [-0.4, -0.2) is 19.4 Å². The Bertz CT molecular complexity index is 322. The summed E-state index contributed by atoms with van der Waals surface area (Å²) in [6, 6.07) is 5.94. The maximum atomic E-state index is 5.47. The van der Waals surface area contributed by atoms with Crippen LogP contribution in [-0.2, 0) is 0 Å². The van der Waals surface area contributed by atoms with E-state index in [1.807, 2.05) is 24.4 Å². The molecule has 0 aliphatic carbocycles. The van der Waals surface area contributed by atoms with E-state index in [4.69, 9.17) is 4.74 Å². The third-order valence-corrected chi connectivity index (χ3v) is 2.18. The van der Waals surface area contributed by atoms with E-state index in [0.29, 0.717) is 6.61 Å². The highest BCUT2D eigenvalue weighted by Gasteiger charge is 2.04. The van der Waals surface area contributed by atoms with Crippen LogP contribution in [0.2, 0.25) is 0 Å². The molecule has 0 fully saturated rings. The van der Waals surface area contributed by atoms with E-state index in [1.54, 1.807) is 0 Å². The molecule has 0 aromatic heterocycles. The third kappa shape index (κ3) is 1.50. The second-order valence-electron chi connectivity index (χ2n) is 2.57. The fourth-order valence-corrected chi connectivity index (χ4v) is 1.45. The van der Waals surface area contributed by atoms with E-state index in [2.05, 4.69) is 20.9 Å². The first-order valence-electron chi connectivity index (χ1n) is 3.78. The molecule has 12 heavy (non-hydrogen) atoms. The molecule has 0 unspecified atom stereocenters. The SMILES string of the molecule is Brc1ccc2c(c1)OCCN=C2. The molecular weight excluding hydrogens is 218 g/mol. The van der Waals surface area contributed by atoms with Gasteiger partial charge in [0.2, 0.25) is 0 Å². The lowest BCUT2D eigenvalue weighted by Gasteiger charge is -2.04. The Labute approximate surface area is 79.4 Å². The van der Waals surface area contributed by atoms with Gasteiger partial charge in [-0.15, -0.1) is 0 Å². The van der Waals surface area contributed by atoms with Gasteiger partial charge in [0.15, 0.2) is 0 Å². The predicted molar refractivity (Wildman–Crippen MR) is 52.1 cm³/mol. The largest absolute Gasteiger partial charge is 0.491 e. The molecule has 0 bridgehead atoms. The number of halogens is 1. The number of hydrogen-bond donors (Lipinski definition) is 0. The van der Waals surface area contributed by atoms with Gasteiger partial charge in [-0.3, -0.25) is 4.99 Å². The van der Waals surface area contributed by atoms with Crippen LogP contribution < -0.4 is 4.74 Å². The van der Waals surface area contributed by atoms with Crippen molar-refractivity contribution < 1.29 is 4.74 Å². The van der Waals surface area contributed by atoms with Crippen molar-refractivity contribution in [2.75, 3.05) is 13.2 Å². The third-order valence-electron chi connectivity index (χ3n) is 1.68. The highest BCUT2D eigenvalue weighted by atomic mass is 79.9. The van der Waals surface area contributed by atoms with Crippen LogP contribution in [0.4, 0.5) is 0 Å². The number of nitrogens with zero attached hydrogens (tertiary/aromatic N) is 1. The van der Waals surface area contributed by atoms with Crippen molar-refractivity contribution in [1.82, 2.24) is 0 Å². The maximum Gasteiger partial charge on any atom is 0.129 e. The lowest BCUT2D eigenvalue weighted by atomic mass is 10.2. The van der Waals surface area contributed by atoms with Gasteiger partial charge in [-0.2, -0.15) is 0 Å². The van der Waals surface area contributed by atoms with Crippen LogP contribution in [0.25, 0.3) is 0 Å². The van der Waals surface area contributed by atoms with Crippen molar-refractivity contribution in [3.05, 3.63) is 28.2 Å². The minimum absolute atomic E-state index is 0.667. The van der Waals surface area contributed by atoms with Gasteiger partial charge in [-0.1, -0.05) is 15.9 Å². The Morgan fingerprint density at radius 3 is 3.25 bits per heavy atom. The predicted octanol–water partition coefficient (Wildman–Crippen LogP) is 2.26. The van der Waals surface area contributed by atoms with Crippen LogP contribution in [0.3, 0.4) is 0 Å². The molecule has 0 spiro atoms. The van der Waals surface area contributed by atoms with Gasteiger partial charge in [0.05, 0.1) is 6.54 Å². The Kier molecular flexibility index (Phi) is 2.13. The van der Waals surface area contributed by atoms with Crippen molar-refractivity contribution in [1.29, 1.82) is 0 Å². The zero-order chi connectivity index (χ0) is 8.39. The molecule has 1 aromatic rings. The van der Waals surface area contributed by atoms with E-state index in [9.17, 15) is 0 Å². The van der Waals surface area contributed by atoms with Crippen LogP contribution in [0, 0.1) is 0 Å². The van der Waals surface area contributed by atoms with Gasteiger partial charge in [0, 0.05) is 16.3 Å². The fraction of sp³-hybridized carbons (Fsp3) is 0.222. The van der Waals surface area contributed by atoms with E-state index >= 15 is 0 Å². The maximum absolute atomic E-state index is 5.47. The molecule has 2 rings (SSSR count). The van der Waals surface area contributed by atoms with Gasteiger partial charge >= 0.3 is 0 Å². The van der Waals surface area contributed by atoms with Gasteiger partial charge in [0.1, 0.15) is 12.4 Å². The van der Waals surface area contributed by atoms with Crippen LogP contribution >= 0.6 is 15.9 Å². The second-order valence-corrected chi connectivity index (χ2v) is 3.48. The van der Waals surface area contributed by atoms with Crippen molar-refractivity contribution in [3.8, 4) is 5.75 Å².